The van der Waals surface area contributed by atoms with Crippen LogP contribution in [0.1, 0.15) is 20.8 Å². The highest BCUT2D eigenvalue weighted by atomic mass is 16.2. The smallest absolute Gasteiger partial charge is 0.324 e. The van der Waals surface area contributed by atoms with E-state index in [1.165, 1.54) is 4.90 Å². The van der Waals surface area contributed by atoms with Gasteiger partial charge in [0, 0.05) is 0 Å². The molecule has 0 spiro atoms. The first-order valence-electron chi connectivity index (χ1n) is 4.18. The Morgan fingerprint density at radius 1 is 1.54 bits per heavy atom. The van der Waals surface area contributed by atoms with E-state index in [4.69, 9.17) is 0 Å². The Kier molecular flexibility index (Phi) is 2.15. The average Bonchev–Trinajstić information content (AvgIpc) is 2.21. The van der Waals surface area contributed by atoms with Gasteiger partial charge in [0.1, 0.15) is 5.54 Å². The van der Waals surface area contributed by atoms with Gasteiger partial charge in [-0.2, -0.15) is 0 Å². The van der Waals surface area contributed by atoms with Gasteiger partial charge in [-0.3, -0.25) is 9.69 Å². The van der Waals surface area contributed by atoms with Gasteiger partial charge in [-0.05, 0) is 20.8 Å². The second kappa shape index (κ2) is 2.87. The van der Waals surface area contributed by atoms with Crippen molar-refractivity contribution in [3.63, 3.8) is 0 Å². The molecule has 1 unspecified atom stereocenters. The maximum absolute atomic E-state index is 11.6. The maximum atomic E-state index is 11.6. The summed E-state index contributed by atoms with van der Waals surface area (Å²) < 4.78 is 0. The molecule has 4 nitrogen and oxygen atoms in total. The van der Waals surface area contributed by atoms with E-state index < -0.39 is 5.54 Å². The second-order valence-electron chi connectivity index (χ2n) is 3.71. The molecule has 0 saturated carbocycles. The van der Waals surface area contributed by atoms with Gasteiger partial charge in [0.15, 0.2) is 0 Å². The average molecular weight is 182 g/mol. The topological polar surface area (TPSA) is 49.4 Å². The van der Waals surface area contributed by atoms with E-state index in [9.17, 15) is 9.59 Å². The Morgan fingerprint density at radius 3 is 2.38 bits per heavy atom. The van der Waals surface area contributed by atoms with Crippen LogP contribution >= 0.6 is 0 Å². The highest BCUT2D eigenvalue weighted by Gasteiger charge is 2.45. The van der Waals surface area contributed by atoms with E-state index in [-0.39, 0.29) is 18.0 Å². The third kappa shape index (κ3) is 1.43. The molecule has 4 heteroatoms. The summed E-state index contributed by atoms with van der Waals surface area (Å²) in [7, 11) is 0. The lowest BCUT2D eigenvalue weighted by atomic mass is 10.1. The molecular formula is C9H14N2O2. The van der Waals surface area contributed by atoms with Gasteiger partial charge in [0.05, 0.1) is 6.04 Å². The van der Waals surface area contributed by atoms with Gasteiger partial charge < -0.3 is 5.32 Å². The summed E-state index contributed by atoms with van der Waals surface area (Å²) in [6.07, 6.45) is 1.57. The van der Waals surface area contributed by atoms with Gasteiger partial charge in [-0.15, -0.1) is 6.58 Å². The largest absolute Gasteiger partial charge is 0.325 e. The van der Waals surface area contributed by atoms with E-state index in [1.807, 2.05) is 0 Å². The number of hydrogen-bond donors (Lipinski definition) is 1. The van der Waals surface area contributed by atoms with Crippen molar-refractivity contribution in [1.82, 2.24) is 10.2 Å². The van der Waals surface area contributed by atoms with E-state index in [1.54, 1.807) is 26.8 Å². The lowest BCUT2D eigenvalue weighted by molar-refractivity contribution is -0.130. The summed E-state index contributed by atoms with van der Waals surface area (Å²) >= 11 is 0. The molecule has 0 aromatic rings. The lowest BCUT2D eigenvalue weighted by Crippen LogP contribution is -2.41. The number of nitrogens with zero attached hydrogens (tertiary/aromatic N) is 1. The standard InChI is InChI=1S/C9H14N2O2/c1-5-6(2)11-7(12)9(3,4)10-8(11)13/h5-6H,1H2,2-4H3,(H,10,13). The number of urea groups is 1. The minimum atomic E-state index is -0.783. The molecule has 13 heavy (non-hydrogen) atoms. The van der Waals surface area contributed by atoms with Crippen molar-refractivity contribution in [2.75, 3.05) is 0 Å². The van der Waals surface area contributed by atoms with Crippen molar-refractivity contribution in [3.8, 4) is 0 Å². The number of hydrogen-bond acceptors (Lipinski definition) is 2. The Bertz CT molecular complexity index is 271. The fraction of sp³-hybridized carbons (Fsp3) is 0.556. The predicted molar refractivity (Wildman–Crippen MR) is 49.1 cm³/mol. The SMILES string of the molecule is C=CC(C)N1C(=O)NC(C)(C)C1=O. The van der Waals surface area contributed by atoms with Crippen LogP contribution in [0.2, 0.25) is 0 Å². The monoisotopic (exact) mass is 182 g/mol. The highest BCUT2D eigenvalue weighted by molar-refractivity contribution is 6.06. The molecule has 3 amide bonds. The van der Waals surface area contributed by atoms with E-state index >= 15 is 0 Å². The zero-order valence-corrected chi connectivity index (χ0v) is 8.13. The minimum Gasteiger partial charge on any atom is -0.324 e. The normalized spacial score (nSPS) is 22.8. The molecule has 1 aliphatic rings. The fourth-order valence-corrected chi connectivity index (χ4v) is 1.25. The molecule has 72 valence electrons. The van der Waals surface area contributed by atoms with Crippen molar-refractivity contribution in [3.05, 3.63) is 12.7 Å². The molecule has 0 bridgehead atoms. The van der Waals surface area contributed by atoms with Crippen molar-refractivity contribution in [2.45, 2.75) is 32.4 Å². The molecule has 1 aliphatic heterocycles. The molecule has 0 aromatic carbocycles. The van der Waals surface area contributed by atoms with E-state index in [2.05, 4.69) is 11.9 Å². The Morgan fingerprint density at radius 2 is 2.08 bits per heavy atom. The third-order valence-corrected chi connectivity index (χ3v) is 2.14. The van der Waals surface area contributed by atoms with Crippen molar-refractivity contribution in [1.29, 1.82) is 0 Å². The molecule has 1 saturated heterocycles. The van der Waals surface area contributed by atoms with Crippen LogP contribution in [0, 0.1) is 0 Å². The molecular weight excluding hydrogens is 168 g/mol. The number of carbonyl (C=O) groups excluding carboxylic acids is 2. The van der Waals surface area contributed by atoms with Crippen LogP contribution in [-0.2, 0) is 4.79 Å². The molecule has 1 fully saturated rings. The van der Waals surface area contributed by atoms with Gasteiger partial charge in [-0.25, -0.2) is 4.79 Å². The van der Waals surface area contributed by atoms with Crippen LogP contribution in [0.15, 0.2) is 12.7 Å². The maximum Gasteiger partial charge on any atom is 0.325 e. The summed E-state index contributed by atoms with van der Waals surface area (Å²) in [4.78, 5) is 24.2. The summed E-state index contributed by atoms with van der Waals surface area (Å²) in [5.74, 6) is -0.204. The first-order chi connectivity index (χ1) is 5.90. The highest BCUT2D eigenvalue weighted by Crippen LogP contribution is 2.19. The molecule has 0 aromatic heterocycles. The zero-order chi connectivity index (χ0) is 10.2. The Balaban J connectivity index is 2.95. The van der Waals surface area contributed by atoms with Crippen molar-refractivity contribution < 1.29 is 9.59 Å². The van der Waals surface area contributed by atoms with Crippen LogP contribution in [0.4, 0.5) is 4.79 Å². The number of amides is 3. The predicted octanol–water partition coefficient (Wildman–Crippen LogP) is 0.891. The number of nitrogens with one attached hydrogen (secondary N) is 1. The number of imide groups is 1. The summed E-state index contributed by atoms with van der Waals surface area (Å²) in [5.41, 5.74) is -0.783. The number of rotatable bonds is 2. The Hall–Kier alpha value is -1.32. The van der Waals surface area contributed by atoms with Crippen LogP contribution in [0.25, 0.3) is 0 Å². The molecule has 0 aliphatic carbocycles. The first kappa shape index (κ1) is 9.77. The molecule has 0 radical (unpaired) electrons. The fourth-order valence-electron chi connectivity index (χ4n) is 1.25. The number of carbonyl (C=O) groups is 2. The molecule has 1 atom stereocenters. The Labute approximate surface area is 77.6 Å². The summed E-state index contributed by atoms with van der Waals surface area (Å²) in [5, 5.41) is 2.60. The summed E-state index contributed by atoms with van der Waals surface area (Å²) in [6.45, 7) is 8.67. The van der Waals surface area contributed by atoms with Gasteiger partial charge in [0.2, 0.25) is 0 Å². The van der Waals surface area contributed by atoms with Crippen LogP contribution in [0.3, 0.4) is 0 Å². The van der Waals surface area contributed by atoms with Crippen LogP contribution < -0.4 is 5.32 Å². The van der Waals surface area contributed by atoms with E-state index in [0.717, 1.165) is 0 Å². The summed E-state index contributed by atoms with van der Waals surface area (Å²) in [6, 6.07) is -0.600. The van der Waals surface area contributed by atoms with Crippen LogP contribution in [0.5, 0.6) is 0 Å². The third-order valence-electron chi connectivity index (χ3n) is 2.14. The van der Waals surface area contributed by atoms with Crippen molar-refractivity contribution in [2.24, 2.45) is 0 Å². The van der Waals surface area contributed by atoms with Gasteiger partial charge in [-0.1, -0.05) is 6.08 Å². The quantitative estimate of drug-likeness (QED) is 0.509. The first-order valence-corrected chi connectivity index (χ1v) is 4.18. The molecule has 1 rings (SSSR count). The van der Waals surface area contributed by atoms with Gasteiger partial charge >= 0.3 is 6.03 Å². The van der Waals surface area contributed by atoms with Gasteiger partial charge in [0.25, 0.3) is 5.91 Å². The second-order valence-corrected chi connectivity index (χ2v) is 3.71. The molecule has 1 N–H and O–H groups in total. The zero-order valence-electron chi connectivity index (χ0n) is 8.13. The minimum absolute atomic E-state index is 0.204. The van der Waals surface area contributed by atoms with Crippen LogP contribution in [-0.4, -0.2) is 28.4 Å². The van der Waals surface area contributed by atoms with E-state index in [0.29, 0.717) is 0 Å². The molecule has 1 heterocycles. The lowest BCUT2D eigenvalue weighted by Gasteiger charge is -2.19. The van der Waals surface area contributed by atoms with Crippen molar-refractivity contribution >= 4 is 11.9 Å².